The first-order valence-electron chi connectivity index (χ1n) is 6.46. The molecule has 18 heavy (non-hydrogen) atoms. The monoisotopic (exact) mass is 248 g/mol. The number of carbonyl (C=O) groups excluding carboxylic acids is 1. The highest BCUT2D eigenvalue weighted by atomic mass is 16.3. The van der Waals surface area contributed by atoms with Crippen LogP contribution >= 0.6 is 0 Å². The molecule has 0 aromatic heterocycles. The molecule has 98 valence electrons. The molecular formula is C14H20N2O2. The van der Waals surface area contributed by atoms with Crippen molar-refractivity contribution >= 4 is 11.7 Å². The summed E-state index contributed by atoms with van der Waals surface area (Å²) in [5.74, 6) is 0. The number of hydrogen-bond acceptors (Lipinski definition) is 2. The molecule has 0 radical (unpaired) electrons. The highest BCUT2D eigenvalue weighted by Crippen LogP contribution is 2.18. The van der Waals surface area contributed by atoms with E-state index >= 15 is 0 Å². The Hall–Kier alpha value is -1.55. The molecule has 1 fully saturated rings. The third-order valence-corrected chi connectivity index (χ3v) is 3.31. The Morgan fingerprint density at radius 1 is 1.28 bits per heavy atom. The third kappa shape index (κ3) is 3.74. The fourth-order valence-corrected chi connectivity index (χ4v) is 2.30. The Labute approximate surface area is 107 Å². The van der Waals surface area contributed by atoms with Crippen LogP contribution in [-0.4, -0.2) is 23.3 Å². The van der Waals surface area contributed by atoms with Gasteiger partial charge in [-0.25, -0.2) is 4.79 Å². The minimum atomic E-state index is -0.192. The molecule has 0 bridgehead atoms. The van der Waals surface area contributed by atoms with Crippen molar-refractivity contribution in [1.82, 2.24) is 5.32 Å². The second-order valence-corrected chi connectivity index (χ2v) is 4.97. The lowest BCUT2D eigenvalue weighted by atomic mass is 9.93. The Kier molecular flexibility index (Phi) is 4.20. The molecular weight excluding hydrogens is 228 g/mol. The van der Waals surface area contributed by atoms with E-state index in [0.717, 1.165) is 36.9 Å². The summed E-state index contributed by atoms with van der Waals surface area (Å²) in [6.45, 7) is 1.99. The van der Waals surface area contributed by atoms with E-state index in [1.807, 2.05) is 31.2 Å². The fraction of sp³-hybridized carbons (Fsp3) is 0.500. The van der Waals surface area contributed by atoms with Crippen molar-refractivity contribution in [2.45, 2.75) is 44.8 Å². The number of benzene rings is 1. The summed E-state index contributed by atoms with van der Waals surface area (Å²) in [5, 5.41) is 15.2. The summed E-state index contributed by atoms with van der Waals surface area (Å²) in [6.07, 6.45) is 3.05. The molecule has 1 aromatic carbocycles. The molecule has 1 aliphatic rings. The summed E-state index contributed by atoms with van der Waals surface area (Å²) in [4.78, 5) is 11.8. The molecule has 2 rings (SSSR count). The molecule has 0 aliphatic heterocycles. The number of carbonyl (C=O) groups is 1. The molecule has 1 saturated carbocycles. The van der Waals surface area contributed by atoms with E-state index in [1.165, 1.54) is 0 Å². The Morgan fingerprint density at radius 3 is 2.67 bits per heavy atom. The van der Waals surface area contributed by atoms with Gasteiger partial charge < -0.3 is 15.7 Å². The smallest absolute Gasteiger partial charge is 0.319 e. The highest BCUT2D eigenvalue weighted by Gasteiger charge is 2.20. The van der Waals surface area contributed by atoms with Crippen molar-refractivity contribution in [2.24, 2.45) is 0 Å². The van der Waals surface area contributed by atoms with E-state index in [1.54, 1.807) is 0 Å². The molecule has 0 unspecified atom stereocenters. The molecule has 4 heteroatoms. The number of aliphatic hydroxyl groups is 1. The van der Waals surface area contributed by atoms with Crippen LogP contribution in [-0.2, 0) is 0 Å². The summed E-state index contributed by atoms with van der Waals surface area (Å²) < 4.78 is 0. The maximum atomic E-state index is 11.8. The summed E-state index contributed by atoms with van der Waals surface area (Å²) in [7, 11) is 0. The summed E-state index contributed by atoms with van der Waals surface area (Å²) in [6, 6.07) is 7.73. The predicted octanol–water partition coefficient (Wildman–Crippen LogP) is 2.42. The normalized spacial score (nSPS) is 23.4. The van der Waals surface area contributed by atoms with Gasteiger partial charge in [-0.2, -0.15) is 0 Å². The predicted molar refractivity (Wildman–Crippen MR) is 71.6 cm³/mol. The van der Waals surface area contributed by atoms with Gasteiger partial charge >= 0.3 is 6.03 Å². The average Bonchev–Trinajstić information content (AvgIpc) is 2.32. The molecule has 1 aliphatic carbocycles. The van der Waals surface area contributed by atoms with Crippen LogP contribution in [0.15, 0.2) is 24.3 Å². The lowest BCUT2D eigenvalue weighted by Crippen LogP contribution is -2.40. The van der Waals surface area contributed by atoms with Gasteiger partial charge in [0.25, 0.3) is 0 Å². The van der Waals surface area contributed by atoms with Gasteiger partial charge in [0, 0.05) is 11.7 Å². The van der Waals surface area contributed by atoms with E-state index in [9.17, 15) is 9.90 Å². The molecule has 0 atom stereocenters. The molecule has 0 saturated heterocycles. The SMILES string of the molecule is Cc1cccc(NC(=O)NC2CCC(O)CC2)c1. The van der Waals surface area contributed by atoms with E-state index in [4.69, 9.17) is 0 Å². The Morgan fingerprint density at radius 2 is 2.00 bits per heavy atom. The minimum Gasteiger partial charge on any atom is -0.393 e. The molecule has 3 N–H and O–H groups in total. The first-order chi connectivity index (χ1) is 8.63. The second kappa shape index (κ2) is 5.87. The lowest BCUT2D eigenvalue weighted by Gasteiger charge is -2.26. The first-order valence-corrected chi connectivity index (χ1v) is 6.46. The van der Waals surface area contributed by atoms with Crippen LogP contribution in [0.5, 0.6) is 0 Å². The van der Waals surface area contributed by atoms with Crippen molar-refractivity contribution in [3.05, 3.63) is 29.8 Å². The van der Waals surface area contributed by atoms with Crippen LogP contribution in [0.25, 0.3) is 0 Å². The molecule has 4 nitrogen and oxygen atoms in total. The highest BCUT2D eigenvalue weighted by molar-refractivity contribution is 5.89. The van der Waals surface area contributed by atoms with Crippen molar-refractivity contribution < 1.29 is 9.90 Å². The second-order valence-electron chi connectivity index (χ2n) is 4.97. The van der Waals surface area contributed by atoms with Gasteiger partial charge in [0.15, 0.2) is 0 Å². The lowest BCUT2D eigenvalue weighted by molar-refractivity contribution is 0.118. The zero-order chi connectivity index (χ0) is 13.0. The number of aliphatic hydroxyl groups excluding tert-OH is 1. The molecule has 1 aromatic rings. The number of aryl methyl sites for hydroxylation is 1. The van der Waals surface area contributed by atoms with Crippen LogP contribution in [0.2, 0.25) is 0 Å². The van der Waals surface area contributed by atoms with Crippen molar-refractivity contribution in [3.8, 4) is 0 Å². The maximum absolute atomic E-state index is 11.8. The van der Waals surface area contributed by atoms with E-state index in [2.05, 4.69) is 10.6 Å². The van der Waals surface area contributed by atoms with E-state index < -0.39 is 0 Å². The number of rotatable bonds is 2. The Bertz CT molecular complexity index is 412. The summed E-state index contributed by atoms with van der Waals surface area (Å²) in [5.41, 5.74) is 1.93. The topological polar surface area (TPSA) is 61.4 Å². The molecule has 2 amide bonds. The van der Waals surface area contributed by atoms with E-state index in [0.29, 0.717) is 0 Å². The van der Waals surface area contributed by atoms with Crippen LogP contribution < -0.4 is 10.6 Å². The van der Waals surface area contributed by atoms with Gasteiger partial charge in [-0.1, -0.05) is 12.1 Å². The molecule has 0 heterocycles. The van der Waals surface area contributed by atoms with Crippen LogP contribution in [0, 0.1) is 6.92 Å². The van der Waals surface area contributed by atoms with Crippen LogP contribution in [0.4, 0.5) is 10.5 Å². The molecule has 0 spiro atoms. The third-order valence-electron chi connectivity index (χ3n) is 3.31. The van der Waals surface area contributed by atoms with Crippen molar-refractivity contribution in [1.29, 1.82) is 0 Å². The fourth-order valence-electron chi connectivity index (χ4n) is 2.30. The van der Waals surface area contributed by atoms with Gasteiger partial charge in [0.2, 0.25) is 0 Å². The van der Waals surface area contributed by atoms with Crippen LogP contribution in [0.1, 0.15) is 31.2 Å². The van der Waals surface area contributed by atoms with Gasteiger partial charge in [0.05, 0.1) is 6.10 Å². The average molecular weight is 248 g/mol. The van der Waals surface area contributed by atoms with Gasteiger partial charge in [-0.05, 0) is 50.3 Å². The number of nitrogens with one attached hydrogen (secondary N) is 2. The maximum Gasteiger partial charge on any atom is 0.319 e. The number of anilines is 1. The van der Waals surface area contributed by atoms with Crippen LogP contribution in [0.3, 0.4) is 0 Å². The van der Waals surface area contributed by atoms with Gasteiger partial charge in [-0.3, -0.25) is 0 Å². The van der Waals surface area contributed by atoms with Gasteiger partial charge in [-0.15, -0.1) is 0 Å². The largest absolute Gasteiger partial charge is 0.393 e. The number of urea groups is 1. The standard InChI is InChI=1S/C14H20N2O2/c1-10-3-2-4-12(9-10)16-14(18)15-11-5-7-13(17)8-6-11/h2-4,9,11,13,17H,5-8H2,1H3,(H2,15,16,18). The Balaban J connectivity index is 1.82. The zero-order valence-electron chi connectivity index (χ0n) is 10.6. The first kappa shape index (κ1) is 12.9. The van der Waals surface area contributed by atoms with Gasteiger partial charge in [0.1, 0.15) is 0 Å². The summed E-state index contributed by atoms with van der Waals surface area (Å²) >= 11 is 0. The van der Waals surface area contributed by atoms with Crippen molar-refractivity contribution in [3.63, 3.8) is 0 Å². The quantitative estimate of drug-likeness (QED) is 0.752. The van der Waals surface area contributed by atoms with E-state index in [-0.39, 0.29) is 18.2 Å². The number of hydrogen-bond donors (Lipinski definition) is 3. The minimum absolute atomic E-state index is 0.165. The van der Waals surface area contributed by atoms with Crippen molar-refractivity contribution in [2.75, 3.05) is 5.32 Å². The zero-order valence-corrected chi connectivity index (χ0v) is 10.6. The number of amides is 2.